The van der Waals surface area contributed by atoms with Crippen molar-refractivity contribution in [2.24, 2.45) is 0 Å². The Balaban J connectivity index is 2.29. The predicted molar refractivity (Wildman–Crippen MR) is 83.9 cm³/mol. The van der Waals surface area contributed by atoms with Crippen molar-refractivity contribution in [1.29, 1.82) is 0 Å². The van der Waals surface area contributed by atoms with Gasteiger partial charge in [0.1, 0.15) is 18.0 Å². The summed E-state index contributed by atoms with van der Waals surface area (Å²) in [5.41, 5.74) is 7.13. The summed E-state index contributed by atoms with van der Waals surface area (Å²) in [7, 11) is 0. The molecule has 2 N–H and O–H groups in total. The molecule has 0 saturated carbocycles. The predicted octanol–water partition coefficient (Wildman–Crippen LogP) is 2.90. The number of rotatable bonds is 2. The Morgan fingerprint density at radius 3 is 2.74 bits per heavy atom. The van der Waals surface area contributed by atoms with E-state index in [9.17, 15) is 0 Å². The summed E-state index contributed by atoms with van der Waals surface area (Å²) in [5, 5.41) is 0. The van der Waals surface area contributed by atoms with Crippen LogP contribution in [0.5, 0.6) is 0 Å². The molecule has 0 unspecified atom stereocenters. The lowest BCUT2D eigenvalue weighted by Crippen LogP contribution is -2.29. The molecule has 106 valence electrons. The molecule has 2 rings (SSSR count). The summed E-state index contributed by atoms with van der Waals surface area (Å²) in [6, 6.07) is 0. The van der Waals surface area contributed by atoms with Crippen LogP contribution in [-0.2, 0) is 0 Å². The molecule has 0 amide bonds. The molecular formula is C14H24N4S. The van der Waals surface area contributed by atoms with Crippen molar-refractivity contribution in [2.45, 2.75) is 44.8 Å². The van der Waals surface area contributed by atoms with Crippen molar-refractivity contribution in [3.05, 3.63) is 11.9 Å². The van der Waals surface area contributed by atoms with E-state index in [1.54, 1.807) is 6.33 Å². The first-order valence-corrected chi connectivity index (χ1v) is 7.88. The van der Waals surface area contributed by atoms with Gasteiger partial charge in [0, 0.05) is 29.2 Å². The average Bonchev–Trinajstić information content (AvgIpc) is 2.49. The fraction of sp³-hybridized carbons (Fsp3) is 0.714. The molecule has 0 radical (unpaired) electrons. The van der Waals surface area contributed by atoms with Gasteiger partial charge in [-0.15, -0.1) is 0 Å². The fourth-order valence-electron chi connectivity index (χ4n) is 2.44. The van der Waals surface area contributed by atoms with Crippen LogP contribution in [0.1, 0.15) is 45.6 Å². The van der Waals surface area contributed by atoms with Crippen molar-refractivity contribution in [3.8, 4) is 0 Å². The van der Waals surface area contributed by atoms with Crippen LogP contribution in [0, 0.1) is 0 Å². The quantitative estimate of drug-likeness (QED) is 0.902. The molecule has 1 fully saturated rings. The van der Waals surface area contributed by atoms with Gasteiger partial charge in [0.05, 0.1) is 0 Å². The van der Waals surface area contributed by atoms with Crippen LogP contribution in [0.2, 0.25) is 0 Å². The highest BCUT2D eigenvalue weighted by atomic mass is 32.2. The summed E-state index contributed by atoms with van der Waals surface area (Å²) in [6.45, 7) is 11.0. The zero-order chi connectivity index (χ0) is 14.0. The zero-order valence-corrected chi connectivity index (χ0v) is 13.1. The monoisotopic (exact) mass is 280 g/mol. The van der Waals surface area contributed by atoms with Crippen LogP contribution in [0.3, 0.4) is 0 Å². The van der Waals surface area contributed by atoms with Gasteiger partial charge >= 0.3 is 0 Å². The van der Waals surface area contributed by atoms with Crippen LogP contribution in [0.15, 0.2) is 6.33 Å². The second-order valence-corrected chi connectivity index (χ2v) is 7.80. The Morgan fingerprint density at radius 1 is 1.32 bits per heavy atom. The molecular weight excluding hydrogens is 256 g/mol. The largest absolute Gasteiger partial charge is 0.383 e. The highest BCUT2D eigenvalue weighted by Gasteiger charge is 2.26. The lowest BCUT2D eigenvalue weighted by Gasteiger charge is -2.26. The van der Waals surface area contributed by atoms with E-state index in [0.29, 0.717) is 16.5 Å². The van der Waals surface area contributed by atoms with E-state index in [2.05, 4.69) is 42.6 Å². The van der Waals surface area contributed by atoms with Gasteiger partial charge in [-0.2, -0.15) is 11.8 Å². The summed E-state index contributed by atoms with van der Waals surface area (Å²) < 4.78 is 0.352. The number of thioether (sulfide) groups is 1. The molecule has 19 heavy (non-hydrogen) atoms. The number of aromatic nitrogens is 2. The van der Waals surface area contributed by atoms with Gasteiger partial charge in [-0.25, -0.2) is 9.97 Å². The van der Waals surface area contributed by atoms with Crippen molar-refractivity contribution in [2.75, 3.05) is 29.5 Å². The average molecular weight is 280 g/mol. The van der Waals surface area contributed by atoms with E-state index in [-0.39, 0.29) is 0 Å². The zero-order valence-electron chi connectivity index (χ0n) is 12.3. The molecule has 0 aromatic carbocycles. The third-order valence-electron chi connectivity index (χ3n) is 3.61. The lowest BCUT2D eigenvalue weighted by atomic mass is 10.0. The molecule has 0 spiro atoms. The lowest BCUT2D eigenvalue weighted by molar-refractivity contribution is 0.632. The SMILES string of the molecule is CC(C)c1c(N)ncnc1N1CCSC(C)(C)CC1. The Kier molecular flexibility index (Phi) is 4.23. The van der Waals surface area contributed by atoms with Gasteiger partial charge in [0.2, 0.25) is 0 Å². The van der Waals surface area contributed by atoms with E-state index in [1.165, 1.54) is 6.42 Å². The number of nitrogens with two attached hydrogens (primary N) is 1. The van der Waals surface area contributed by atoms with Crippen molar-refractivity contribution in [3.63, 3.8) is 0 Å². The minimum absolute atomic E-state index is 0.347. The second-order valence-electron chi connectivity index (χ2n) is 6.00. The fourth-order valence-corrected chi connectivity index (χ4v) is 3.54. The number of anilines is 2. The molecule has 0 aliphatic carbocycles. The minimum atomic E-state index is 0.347. The molecule has 2 heterocycles. The van der Waals surface area contributed by atoms with Gasteiger partial charge in [-0.1, -0.05) is 27.7 Å². The third-order valence-corrected chi connectivity index (χ3v) is 4.98. The van der Waals surface area contributed by atoms with Crippen LogP contribution >= 0.6 is 11.8 Å². The summed E-state index contributed by atoms with van der Waals surface area (Å²) in [6.07, 6.45) is 2.75. The van der Waals surface area contributed by atoms with Crippen molar-refractivity contribution < 1.29 is 0 Å². The summed E-state index contributed by atoms with van der Waals surface area (Å²) in [4.78, 5) is 11.0. The maximum Gasteiger partial charge on any atom is 0.137 e. The summed E-state index contributed by atoms with van der Waals surface area (Å²) in [5.74, 6) is 3.13. The van der Waals surface area contributed by atoms with Crippen LogP contribution in [-0.4, -0.2) is 33.6 Å². The smallest absolute Gasteiger partial charge is 0.137 e. The second kappa shape index (κ2) is 5.57. The number of nitrogens with zero attached hydrogens (tertiary/aromatic N) is 3. The molecule has 0 bridgehead atoms. The van der Waals surface area contributed by atoms with Crippen LogP contribution in [0.4, 0.5) is 11.6 Å². The maximum atomic E-state index is 6.04. The molecule has 5 heteroatoms. The van der Waals surface area contributed by atoms with Crippen LogP contribution in [0.25, 0.3) is 0 Å². The number of hydrogen-bond donors (Lipinski definition) is 1. The van der Waals surface area contributed by atoms with E-state index < -0.39 is 0 Å². The Bertz CT molecular complexity index is 445. The summed E-state index contributed by atoms with van der Waals surface area (Å²) >= 11 is 2.04. The molecule has 1 aliphatic rings. The van der Waals surface area contributed by atoms with Gasteiger partial charge < -0.3 is 10.6 Å². The van der Waals surface area contributed by atoms with Gasteiger partial charge in [-0.3, -0.25) is 0 Å². The Hall–Kier alpha value is -0.970. The normalized spacial score (nSPS) is 19.5. The van der Waals surface area contributed by atoms with Gasteiger partial charge in [-0.05, 0) is 12.3 Å². The maximum absolute atomic E-state index is 6.04. The molecule has 0 atom stereocenters. The van der Waals surface area contributed by atoms with Gasteiger partial charge in [0.25, 0.3) is 0 Å². The topological polar surface area (TPSA) is 55.0 Å². The first-order chi connectivity index (χ1) is 8.91. The van der Waals surface area contributed by atoms with E-state index in [1.807, 2.05) is 11.8 Å². The van der Waals surface area contributed by atoms with E-state index in [0.717, 1.165) is 30.2 Å². The van der Waals surface area contributed by atoms with Gasteiger partial charge in [0.15, 0.2) is 0 Å². The number of nitrogen functional groups attached to an aromatic ring is 1. The van der Waals surface area contributed by atoms with E-state index >= 15 is 0 Å². The minimum Gasteiger partial charge on any atom is -0.383 e. The first-order valence-electron chi connectivity index (χ1n) is 6.90. The molecule has 1 saturated heterocycles. The van der Waals surface area contributed by atoms with Crippen molar-refractivity contribution >= 4 is 23.4 Å². The standard InChI is InChI=1S/C14H24N4S/c1-10(2)11-12(15)16-9-17-13(11)18-6-5-14(3,4)19-8-7-18/h9-10H,5-8H2,1-4H3,(H2,15,16,17). The highest BCUT2D eigenvalue weighted by Crippen LogP contribution is 2.35. The van der Waals surface area contributed by atoms with E-state index in [4.69, 9.17) is 5.73 Å². The first kappa shape index (κ1) is 14.4. The molecule has 4 nitrogen and oxygen atoms in total. The number of hydrogen-bond acceptors (Lipinski definition) is 5. The Morgan fingerprint density at radius 2 is 2.05 bits per heavy atom. The Labute approximate surface area is 120 Å². The molecule has 1 aromatic heterocycles. The van der Waals surface area contributed by atoms with Crippen LogP contribution < -0.4 is 10.6 Å². The highest BCUT2D eigenvalue weighted by molar-refractivity contribution is 8.00. The third kappa shape index (κ3) is 3.32. The molecule has 1 aliphatic heterocycles. The molecule has 1 aromatic rings. The van der Waals surface area contributed by atoms with Crippen molar-refractivity contribution in [1.82, 2.24) is 9.97 Å².